The summed E-state index contributed by atoms with van der Waals surface area (Å²) in [5.74, 6) is 0.999. The first-order valence-electron chi connectivity index (χ1n) is 9.67. The molecule has 0 saturated carbocycles. The lowest BCUT2D eigenvalue weighted by Gasteiger charge is -2.59. The van der Waals surface area contributed by atoms with Crippen LogP contribution >= 0.6 is 0 Å². The van der Waals surface area contributed by atoms with E-state index in [9.17, 15) is 14.7 Å². The minimum Gasteiger partial charge on any atom is -0.464 e. The Morgan fingerprint density at radius 1 is 1.26 bits per heavy atom. The predicted molar refractivity (Wildman–Crippen MR) is 98.7 cm³/mol. The number of β-amino-alcohol motifs (C(OH)–C–C–N with tert-alkyl or cyclic N) is 1. The van der Waals surface area contributed by atoms with Gasteiger partial charge >= 0.3 is 0 Å². The molecule has 2 amide bonds. The molecule has 0 bridgehead atoms. The lowest BCUT2D eigenvalue weighted by molar-refractivity contribution is -0.182. The zero-order valence-electron chi connectivity index (χ0n) is 16.6. The Balaban J connectivity index is 1.60. The number of fused-ring (bicyclic) bond motifs is 2. The number of aliphatic hydroxyl groups is 1. The number of carbonyl (C=O) groups is 2. The third-order valence-electron chi connectivity index (χ3n) is 5.80. The van der Waals surface area contributed by atoms with Crippen LogP contribution in [0.1, 0.15) is 38.7 Å². The van der Waals surface area contributed by atoms with Gasteiger partial charge in [0.25, 0.3) is 5.91 Å². The normalized spacial score (nSPS) is 28.7. The number of amides is 2. The highest BCUT2D eigenvalue weighted by Crippen LogP contribution is 2.41. The van der Waals surface area contributed by atoms with Crippen molar-refractivity contribution in [3.63, 3.8) is 0 Å². The van der Waals surface area contributed by atoms with Gasteiger partial charge in [-0.1, -0.05) is 20.8 Å². The highest BCUT2D eigenvalue weighted by molar-refractivity contribution is 6.06. The van der Waals surface area contributed by atoms with Gasteiger partial charge in [-0.05, 0) is 30.9 Å². The maximum Gasteiger partial charge on any atom is 0.252 e. The zero-order chi connectivity index (χ0) is 19.6. The molecule has 3 fully saturated rings. The Kier molecular flexibility index (Phi) is 4.25. The highest BCUT2D eigenvalue weighted by Gasteiger charge is 2.64. The van der Waals surface area contributed by atoms with E-state index in [1.54, 1.807) is 0 Å². The molecule has 2 unspecified atom stereocenters. The number of imide groups is 1. The second-order valence-corrected chi connectivity index (χ2v) is 9.54. The van der Waals surface area contributed by atoms with E-state index in [2.05, 4.69) is 25.7 Å². The molecule has 148 valence electrons. The fourth-order valence-electron chi connectivity index (χ4n) is 4.84. The standard InChI is InChI=1S/C20H29N3O4/c1-13-5-6-15(27-13)9-22-17(25)16-7-14(24)8-23(16)20(18(22)26)11-21(12-20)10-19(2,3)4/h5-6,14,16,24H,7-12H2,1-4H3. The molecule has 4 heterocycles. The van der Waals surface area contributed by atoms with E-state index in [1.807, 2.05) is 24.0 Å². The van der Waals surface area contributed by atoms with Crippen LogP contribution in [-0.4, -0.2) is 75.5 Å². The molecule has 0 aromatic carbocycles. The predicted octanol–water partition coefficient (Wildman–Crippen LogP) is 0.993. The van der Waals surface area contributed by atoms with Gasteiger partial charge in [-0.3, -0.25) is 24.3 Å². The largest absolute Gasteiger partial charge is 0.464 e. The molecule has 27 heavy (non-hydrogen) atoms. The number of carbonyl (C=O) groups excluding carboxylic acids is 2. The van der Waals surface area contributed by atoms with Gasteiger partial charge in [-0.15, -0.1) is 0 Å². The van der Waals surface area contributed by atoms with Crippen molar-refractivity contribution in [2.24, 2.45) is 5.41 Å². The number of aliphatic hydroxyl groups excluding tert-OH is 1. The summed E-state index contributed by atoms with van der Waals surface area (Å²) in [6.07, 6.45) is -0.174. The zero-order valence-corrected chi connectivity index (χ0v) is 16.6. The number of piperazine rings is 1. The van der Waals surface area contributed by atoms with E-state index in [0.717, 1.165) is 12.3 Å². The summed E-state index contributed by atoms with van der Waals surface area (Å²) in [5.41, 5.74) is -0.562. The summed E-state index contributed by atoms with van der Waals surface area (Å²) >= 11 is 0. The molecule has 3 aliphatic rings. The minimum atomic E-state index is -0.705. The molecule has 7 nitrogen and oxygen atoms in total. The van der Waals surface area contributed by atoms with Crippen LogP contribution in [0.15, 0.2) is 16.5 Å². The van der Waals surface area contributed by atoms with Crippen molar-refractivity contribution < 1.29 is 19.1 Å². The van der Waals surface area contributed by atoms with Crippen molar-refractivity contribution in [2.45, 2.75) is 58.3 Å². The van der Waals surface area contributed by atoms with E-state index in [1.165, 1.54) is 4.90 Å². The number of likely N-dealkylation sites (tertiary alicyclic amines) is 1. The monoisotopic (exact) mass is 375 g/mol. The molecular weight excluding hydrogens is 346 g/mol. The van der Waals surface area contributed by atoms with E-state index in [0.29, 0.717) is 31.8 Å². The lowest BCUT2D eigenvalue weighted by atomic mass is 9.80. The van der Waals surface area contributed by atoms with Crippen molar-refractivity contribution >= 4 is 11.8 Å². The number of nitrogens with zero attached hydrogens (tertiary/aromatic N) is 3. The molecule has 1 N–H and O–H groups in total. The van der Waals surface area contributed by atoms with Crippen LogP contribution < -0.4 is 0 Å². The molecule has 1 aromatic heterocycles. The Hall–Kier alpha value is -1.70. The SMILES string of the molecule is Cc1ccc(CN2C(=O)C3CC(O)CN3C3(CN(CC(C)(C)C)C3)C2=O)o1. The summed E-state index contributed by atoms with van der Waals surface area (Å²) < 4.78 is 5.60. The molecule has 7 heteroatoms. The van der Waals surface area contributed by atoms with Crippen molar-refractivity contribution in [1.29, 1.82) is 0 Å². The fourth-order valence-corrected chi connectivity index (χ4v) is 4.84. The summed E-state index contributed by atoms with van der Waals surface area (Å²) in [5, 5.41) is 10.2. The number of furan rings is 1. The van der Waals surface area contributed by atoms with Gasteiger partial charge in [-0.2, -0.15) is 0 Å². The van der Waals surface area contributed by atoms with Crippen molar-refractivity contribution in [3.8, 4) is 0 Å². The van der Waals surface area contributed by atoms with Crippen molar-refractivity contribution in [1.82, 2.24) is 14.7 Å². The van der Waals surface area contributed by atoms with Crippen LogP contribution in [0.2, 0.25) is 0 Å². The van der Waals surface area contributed by atoms with Gasteiger partial charge in [-0.25, -0.2) is 0 Å². The van der Waals surface area contributed by atoms with E-state index >= 15 is 0 Å². The third-order valence-corrected chi connectivity index (χ3v) is 5.80. The summed E-state index contributed by atoms with van der Waals surface area (Å²) in [4.78, 5) is 32.0. The summed E-state index contributed by atoms with van der Waals surface area (Å²) in [7, 11) is 0. The molecule has 0 radical (unpaired) electrons. The van der Waals surface area contributed by atoms with Gasteiger partial charge in [0.1, 0.15) is 17.1 Å². The quantitative estimate of drug-likeness (QED) is 0.794. The summed E-state index contributed by atoms with van der Waals surface area (Å²) in [6, 6.07) is 3.22. The molecule has 0 aliphatic carbocycles. The van der Waals surface area contributed by atoms with Crippen LogP contribution in [0.25, 0.3) is 0 Å². The first-order valence-corrected chi connectivity index (χ1v) is 9.67. The van der Waals surface area contributed by atoms with Crippen LogP contribution in [0.4, 0.5) is 0 Å². The first-order chi connectivity index (χ1) is 12.6. The molecule has 3 saturated heterocycles. The number of hydrogen-bond donors (Lipinski definition) is 1. The van der Waals surface area contributed by atoms with Crippen molar-refractivity contribution in [3.05, 3.63) is 23.7 Å². The average Bonchev–Trinajstić information content (AvgIpc) is 3.11. The third kappa shape index (κ3) is 3.11. The van der Waals surface area contributed by atoms with Crippen LogP contribution in [-0.2, 0) is 16.1 Å². The maximum absolute atomic E-state index is 13.4. The lowest BCUT2D eigenvalue weighted by Crippen LogP contribution is -2.81. The smallest absolute Gasteiger partial charge is 0.252 e. The molecule has 1 spiro atoms. The Morgan fingerprint density at radius 3 is 2.56 bits per heavy atom. The molecular formula is C20H29N3O4. The van der Waals surface area contributed by atoms with E-state index in [4.69, 9.17) is 4.42 Å². The minimum absolute atomic E-state index is 0.143. The Bertz CT molecular complexity index is 760. The van der Waals surface area contributed by atoms with Crippen LogP contribution in [0.3, 0.4) is 0 Å². The number of aryl methyl sites for hydroxylation is 1. The summed E-state index contributed by atoms with van der Waals surface area (Å²) in [6.45, 7) is 11.0. The van der Waals surface area contributed by atoms with Gasteiger partial charge in [0.2, 0.25) is 5.91 Å². The van der Waals surface area contributed by atoms with E-state index < -0.39 is 17.7 Å². The van der Waals surface area contributed by atoms with Gasteiger partial charge in [0, 0.05) is 26.2 Å². The van der Waals surface area contributed by atoms with Gasteiger partial charge in [0.15, 0.2) is 0 Å². The van der Waals surface area contributed by atoms with Crippen LogP contribution in [0, 0.1) is 12.3 Å². The number of rotatable bonds is 3. The Labute approximate surface area is 159 Å². The topological polar surface area (TPSA) is 77.2 Å². The van der Waals surface area contributed by atoms with E-state index in [-0.39, 0.29) is 23.8 Å². The average molecular weight is 375 g/mol. The second-order valence-electron chi connectivity index (χ2n) is 9.54. The molecule has 3 aliphatic heterocycles. The second kappa shape index (κ2) is 6.15. The first kappa shape index (κ1) is 18.7. The van der Waals surface area contributed by atoms with Crippen LogP contribution in [0.5, 0.6) is 0 Å². The molecule has 4 rings (SSSR count). The molecule has 2 atom stereocenters. The fraction of sp³-hybridized carbons (Fsp3) is 0.700. The van der Waals surface area contributed by atoms with Gasteiger partial charge < -0.3 is 9.52 Å². The Morgan fingerprint density at radius 2 is 1.96 bits per heavy atom. The molecule has 1 aromatic rings. The van der Waals surface area contributed by atoms with Gasteiger partial charge in [0.05, 0.1) is 18.7 Å². The number of hydrogen-bond acceptors (Lipinski definition) is 6. The maximum atomic E-state index is 13.4. The highest BCUT2D eigenvalue weighted by atomic mass is 16.3. The van der Waals surface area contributed by atoms with Crippen molar-refractivity contribution in [2.75, 3.05) is 26.2 Å².